The average molecular weight is 439 g/mol. The summed E-state index contributed by atoms with van der Waals surface area (Å²) in [6, 6.07) is 24.3. The molecule has 164 valence electrons. The second-order valence-corrected chi connectivity index (χ2v) is 7.29. The Hall–Kier alpha value is -4.52. The van der Waals surface area contributed by atoms with Gasteiger partial charge in [-0.3, -0.25) is 9.59 Å². The molecule has 0 bridgehead atoms. The largest absolute Gasteiger partial charge is 0.478 e. The van der Waals surface area contributed by atoms with Gasteiger partial charge in [-0.05, 0) is 36.8 Å². The molecule has 0 saturated heterocycles. The minimum Gasteiger partial charge on any atom is -0.478 e. The van der Waals surface area contributed by atoms with E-state index in [9.17, 15) is 14.4 Å². The van der Waals surface area contributed by atoms with E-state index in [0.717, 1.165) is 5.56 Å². The van der Waals surface area contributed by atoms with Crippen molar-refractivity contribution in [3.05, 3.63) is 106 Å². The lowest BCUT2D eigenvalue weighted by Gasteiger charge is -2.17. The van der Waals surface area contributed by atoms with Crippen molar-refractivity contribution >= 4 is 17.6 Å². The first-order valence-electron chi connectivity index (χ1n) is 10.4. The first kappa shape index (κ1) is 21.7. The monoisotopic (exact) mass is 439 g/mol. The molecule has 0 unspecified atom stereocenters. The van der Waals surface area contributed by atoms with Gasteiger partial charge in [0.25, 0.3) is 11.5 Å². The number of carboxylic acid groups (broad SMARTS) is 1. The van der Waals surface area contributed by atoms with Gasteiger partial charge < -0.3 is 10.4 Å². The molecule has 0 spiro atoms. The van der Waals surface area contributed by atoms with Gasteiger partial charge in [0, 0.05) is 23.4 Å². The fourth-order valence-corrected chi connectivity index (χ4v) is 3.57. The SMILES string of the molecule is CCn1nc(-c2ccccc2)c(-c2ccccc2)c(C(=O)Nc2ccc(C(=O)O)cc2)c1=O. The van der Waals surface area contributed by atoms with E-state index in [4.69, 9.17) is 5.11 Å². The predicted molar refractivity (Wildman–Crippen MR) is 126 cm³/mol. The zero-order valence-electron chi connectivity index (χ0n) is 17.9. The highest BCUT2D eigenvalue weighted by Gasteiger charge is 2.25. The number of nitrogens with one attached hydrogen (secondary N) is 1. The van der Waals surface area contributed by atoms with Crippen LogP contribution in [-0.2, 0) is 6.54 Å². The normalized spacial score (nSPS) is 10.6. The summed E-state index contributed by atoms with van der Waals surface area (Å²) in [5, 5.41) is 16.4. The molecule has 0 aliphatic rings. The number of amides is 1. The van der Waals surface area contributed by atoms with Crippen LogP contribution in [0.15, 0.2) is 89.7 Å². The number of hydrogen-bond donors (Lipinski definition) is 2. The molecule has 33 heavy (non-hydrogen) atoms. The summed E-state index contributed by atoms with van der Waals surface area (Å²) in [7, 11) is 0. The number of anilines is 1. The van der Waals surface area contributed by atoms with Gasteiger partial charge in [-0.25, -0.2) is 9.48 Å². The molecule has 7 nitrogen and oxygen atoms in total. The third-order valence-corrected chi connectivity index (χ3v) is 5.18. The molecule has 0 saturated carbocycles. The zero-order chi connectivity index (χ0) is 23.4. The van der Waals surface area contributed by atoms with E-state index in [-0.39, 0.29) is 11.1 Å². The van der Waals surface area contributed by atoms with Crippen LogP contribution in [0.25, 0.3) is 22.4 Å². The van der Waals surface area contributed by atoms with E-state index >= 15 is 0 Å². The number of carbonyl (C=O) groups is 2. The van der Waals surface area contributed by atoms with Crippen LogP contribution in [0.3, 0.4) is 0 Å². The molecule has 1 heterocycles. The molecule has 0 fully saturated rings. The van der Waals surface area contributed by atoms with Crippen LogP contribution in [0.2, 0.25) is 0 Å². The first-order valence-corrected chi connectivity index (χ1v) is 10.4. The maximum absolute atomic E-state index is 13.4. The molecule has 4 aromatic rings. The van der Waals surface area contributed by atoms with Crippen LogP contribution in [0.1, 0.15) is 27.6 Å². The van der Waals surface area contributed by atoms with Gasteiger partial charge in [-0.15, -0.1) is 0 Å². The number of carboxylic acids is 1. The van der Waals surface area contributed by atoms with Gasteiger partial charge in [-0.1, -0.05) is 60.7 Å². The Kier molecular flexibility index (Phi) is 6.13. The van der Waals surface area contributed by atoms with Gasteiger partial charge in [0.15, 0.2) is 0 Å². The van der Waals surface area contributed by atoms with Gasteiger partial charge in [0.2, 0.25) is 0 Å². The summed E-state index contributed by atoms with van der Waals surface area (Å²) >= 11 is 0. The van der Waals surface area contributed by atoms with Crippen molar-refractivity contribution in [1.82, 2.24) is 9.78 Å². The van der Waals surface area contributed by atoms with Crippen molar-refractivity contribution in [3.8, 4) is 22.4 Å². The molecule has 1 amide bonds. The summed E-state index contributed by atoms with van der Waals surface area (Å²) in [4.78, 5) is 37.9. The number of nitrogens with zero attached hydrogens (tertiary/aromatic N) is 2. The summed E-state index contributed by atoms with van der Waals surface area (Å²) in [6.07, 6.45) is 0. The van der Waals surface area contributed by atoms with E-state index < -0.39 is 17.4 Å². The van der Waals surface area contributed by atoms with Crippen LogP contribution < -0.4 is 10.9 Å². The van der Waals surface area contributed by atoms with Crippen molar-refractivity contribution in [2.45, 2.75) is 13.5 Å². The number of aromatic nitrogens is 2. The molecule has 7 heteroatoms. The lowest BCUT2D eigenvalue weighted by molar-refractivity contribution is 0.0696. The second kappa shape index (κ2) is 9.32. The van der Waals surface area contributed by atoms with Crippen molar-refractivity contribution in [3.63, 3.8) is 0 Å². The highest BCUT2D eigenvalue weighted by atomic mass is 16.4. The van der Waals surface area contributed by atoms with E-state index in [1.165, 1.54) is 28.9 Å². The minimum atomic E-state index is -1.06. The van der Waals surface area contributed by atoms with Crippen LogP contribution in [-0.4, -0.2) is 26.8 Å². The average Bonchev–Trinajstić information content (AvgIpc) is 2.85. The number of aryl methyl sites for hydroxylation is 1. The summed E-state index contributed by atoms with van der Waals surface area (Å²) in [5.41, 5.74) is 2.38. The quantitative estimate of drug-likeness (QED) is 0.459. The second-order valence-electron chi connectivity index (χ2n) is 7.29. The zero-order valence-corrected chi connectivity index (χ0v) is 17.9. The van der Waals surface area contributed by atoms with E-state index in [1.807, 2.05) is 60.7 Å². The van der Waals surface area contributed by atoms with Gasteiger partial charge in [0.1, 0.15) is 5.56 Å². The van der Waals surface area contributed by atoms with Gasteiger partial charge in [-0.2, -0.15) is 5.10 Å². The van der Waals surface area contributed by atoms with Crippen molar-refractivity contribution in [2.75, 3.05) is 5.32 Å². The fraction of sp³-hybridized carbons (Fsp3) is 0.0769. The van der Waals surface area contributed by atoms with Crippen LogP contribution >= 0.6 is 0 Å². The molecule has 0 atom stereocenters. The molecule has 4 rings (SSSR count). The highest BCUT2D eigenvalue weighted by Crippen LogP contribution is 2.32. The number of hydrogen-bond acceptors (Lipinski definition) is 4. The Labute approximate surface area is 190 Å². The predicted octanol–water partition coefficient (Wildman–Crippen LogP) is 4.55. The Morgan fingerprint density at radius 3 is 2.00 bits per heavy atom. The van der Waals surface area contributed by atoms with E-state index in [0.29, 0.717) is 29.1 Å². The van der Waals surface area contributed by atoms with E-state index in [1.54, 1.807) is 6.92 Å². The molecule has 3 aromatic carbocycles. The third-order valence-electron chi connectivity index (χ3n) is 5.18. The molecule has 0 aliphatic heterocycles. The Morgan fingerprint density at radius 1 is 0.879 bits per heavy atom. The maximum atomic E-state index is 13.4. The molecular weight excluding hydrogens is 418 g/mol. The molecular formula is C26H21N3O4. The number of aromatic carboxylic acids is 1. The molecule has 2 N–H and O–H groups in total. The topological polar surface area (TPSA) is 101 Å². The standard InChI is InChI=1S/C26H21N3O4/c1-2-29-25(31)22(24(30)27-20-15-13-19(14-16-20)26(32)33)21(17-9-5-3-6-10-17)23(28-29)18-11-7-4-8-12-18/h3-16H,2H2,1H3,(H,27,30)(H,32,33). The number of benzene rings is 3. The lowest BCUT2D eigenvalue weighted by atomic mass is 9.95. The highest BCUT2D eigenvalue weighted by molar-refractivity contribution is 6.10. The Morgan fingerprint density at radius 2 is 1.45 bits per heavy atom. The summed E-state index contributed by atoms with van der Waals surface area (Å²) in [5.74, 6) is -1.66. The molecule has 1 aromatic heterocycles. The lowest BCUT2D eigenvalue weighted by Crippen LogP contribution is -2.32. The minimum absolute atomic E-state index is 0.0285. The van der Waals surface area contributed by atoms with Crippen LogP contribution in [0, 0.1) is 0 Å². The van der Waals surface area contributed by atoms with Gasteiger partial charge in [0.05, 0.1) is 11.3 Å². The summed E-state index contributed by atoms with van der Waals surface area (Å²) < 4.78 is 1.28. The van der Waals surface area contributed by atoms with Crippen molar-refractivity contribution < 1.29 is 14.7 Å². The summed E-state index contributed by atoms with van der Waals surface area (Å²) in [6.45, 7) is 2.08. The molecule has 0 aliphatic carbocycles. The Bertz CT molecular complexity index is 1360. The smallest absolute Gasteiger partial charge is 0.335 e. The first-order chi connectivity index (χ1) is 16.0. The Balaban J connectivity index is 1.91. The van der Waals surface area contributed by atoms with Crippen LogP contribution in [0.4, 0.5) is 5.69 Å². The van der Waals surface area contributed by atoms with Crippen LogP contribution in [0.5, 0.6) is 0 Å². The fourth-order valence-electron chi connectivity index (χ4n) is 3.57. The van der Waals surface area contributed by atoms with Crippen molar-refractivity contribution in [2.24, 2.45) is 0 Å². The van der Waals surface area contributed by atoms with Crippen molar-refractivity contribution in [1.29, 1.82) is 0 Å². The maximum Gasteiger partial charge on any atom is 0.335 e. The van der Waals surface area contributed by atoms with E-state index in [2.05, 4.69) is 10.4 Å². The number of rotatable bonds is 6. The molecule has 0 radical (unpaired) electrons. The van der Waals surface area contributed by atoms with Gasteiger partial charge >= 0.3 is 5.97 Å². The third kappa shape index (κ3) is 4.43. The number of carbonyl (C=O) groups excluding carboxylic acids is 1.